The van der Waals surface area contributed by atoms with Crippen LogP contribution in [0, 0.1) is 0 Å². The van der Waals surface area contributed by atoms with Gasteiger partial charge in [-0.3, -0.25) is 9.78 Å². The van der Waals surface area contributed by atoms with Crippen LogP contribution in [-0.2, 0) is 16.0 Å². The van der Waals surface area contributed by atoms with Crippen LogP contribution < -0.4 is 0 Å². The van der Waals surface area contributed by atoms with Gasteiger partial charge in [-0.15, -0.1) is 0 Å². The second kappa shape index (κ2) is 10.2. The molecule has 6 nitrogen and oxygen atoms in total. The van der Waals surface area contributed by atoms with Gasteiger partial charge >= 0.3 is 11.9 Å². The summed E-state index contributed by atoms with van der Waals surface area (Å²) in [5, 5.41) is 27.4. The van der Waals surface area contributed by atoms with Crippen LogP contribution >= 0.6 is 11.8 Å². The Morgan fingerprint density at radius 2 is 1.91 bits per heavy atom. The molecule has 1 aromatic rings. The average molecular weight is 341 g/mol. The monoisotopic (exact) mass is 341 g/mol. The number of aryl methyl sites for hydroxylation is 1. The molecule has 7 heteroatoms. The van der Waals surface area contributed by atoms with Gasteiger partial charge < -0.3 is 15.3 Å². The fraction of sp³-hybridized carbons (Fsp3) is 0.562. The Morgan fingerprint density at radius 1 is 1.17 bits per heavy atom. The third kappa shape index (κ3) is 7.99. The van der Waals surface area contributed by atoms with Crippen molar-refractivity contribution in [3.63, 3.8) is 0 Å². The van der Waals surface area contributed by atoms with Crippen molar-refractivity contribution < 1.29 is 24.9 Å². The number of aliphatic carboxylic acids is 2. The molecule has 3 N–H and O–H groups in total. The number of carboxylic acids is 2. The lowest BCUT2D eigenvalue weighted by Crippen LogP contribution is -2.43. The van der Waals surface area contributed by atoms with Crippen LogP contribution in [0.3, 0.4) is 0 Å². The molecule has 1 atom stereocenters. The lowest BCUT2D eigenvalue weighted by Gasteiger charge is -2.20. The summed E-state index contributed by atoms with van der Waals surface area (Å²) >= 11 is 1.28. The molecule has 0 aliphatic heterocycles. The van der Waals surface area contributed by atoms with E-state index in [4.69, 9.17) is 10.2 Å². The number of rotatable bonds is 12. The van der Waals surface area contributed by atoms with E-state index in [0.717, 1.165) is 32.1 Å². The van der Waals surface area contributed by atoms with E-state index in [1.807, 2.05) is 12.3 Å². The second-order valence-corrected chi connectivity index (χ2v) is 6.59. The topological polar surface area (TPSA) is 108 Å². The molecule has 0 saturated carbocycles. The van der Waals surface area contributed by atoms with Crippen molar-refractivity contribution in [2.45, 2.75) is 44.1 Å². The fourth-order valence-electron chi connectivity index (χ4n) is 2.11. The first-order chi connectivity index (χ1) is 10.9. The molecule has 0 aromatic carbocycles. The maximum absolute atomic E-state index is 11.0. The zero-order valence-electron chi connectivity index (χ0n) is 13.0. The number of thioether (sulfide) groups is 1. The van der Waals surface area contributed by atoms with Crippen molar-refractivity contribution in [3.8, 4) is 0 Å². The van der Waals surface area contributed by atoms with Gasteiger partial charge in [0, 0.05) is 18.1 Å². The number of hydrogen-bond acceptors (Lipinski definition) is 5. The summed E-state index contributed by atoms with van der Waals surface area (Å²) in [6, 6.07) is 3.98. The van der Waals surface area contributed by atoms with E-state index in [9.17, 15) is 14.7 Å². The molecule has 1 rings (SSSR count). The van der Waals surface area contributed by atoms with Crippen LogP contribution in [0.15, 0.2) is 24.5 Å². The van der Waals surface area contributed by atoms with Crippen molar-refractivity contribution >= 4 is 23.7 Å². The Labute approximate surface area is 139 Å². The van der Waals surface area contributed by atoms with Crippen LogP contribution in [-0.4, -0.2) is 49.3 Å². The van der Waals surface area contributed by atoms with Gasteiger partial charge in [-0.05, 0) is 36.6 Å². The largest absolute Gasteiger partial charge is 0.481 e. The molecule has 0 spiro atoms. The van der Waals surface area contributed by atoms with Crippen molar-refractivity contribution in [2.24, 2.45) is 0 Å². The molecule has 0 amide bonds. The zero-order chi connectivity index (χ0) is 17.1. The van der Waals surface area contributed by atoms with Gasteiger partial charge in [0.15, 0.2) is 5.60 Å². The Kier molecular flexibility index (Phi) is 8.65. The smallest absolute Gasteiger partial charge is 0.337 e. The highest BCUT2D eigenvalue weighted by Gasteiger charge is 2.38. The van der Waals surface area contributed by atoms with Crippen molar-refractivity contribution in [2.75, 3.05) is 11.5 Å². The number of carboxylic acid groups (broad SMARTS) is 2. The molecule has 0 aliphatic carbocycles. The fourth-order valence-corrected chi connectivity index (χ4v) is 3.23. The molecule has 0 radical (unpaired) electrons. The zero-order valence-corrected chi connectivity index (χ0v) is 13.8. The summed E-state index contributed by atoms with van der Waals surface area (Å²) in [5.41, 5.74) is -0.960. The van der Waals surface area contributed by atoms with Crippen LogP contribution in [0.4, 0.5) is 0 Å². The van der Waals surface area contributed by atoms with Crippen molar-refractivity contribution in [3.05, 3.63) is 30.1 Å². The van der Waals surface area contributed by atoms with Gasteiger partial charge in [-0.2, -0.15) is 11.8 Å². The molecule has 0 saturated heterocycles. The average Bonchev–Trinajstić information content (AvgIpc) is 2.50. The molecule has 0 fully saturated rings. The first kappa shape index (κ1) is 19.4. The molecule has 1 heterocycles. The predicted octanol–water partition coefficient (Wildman–Crippen LogP) is 2.21. The van der Waals surface area contributed by atoms with E-state index >= 15 is 0 Å². The van der Waals surface area contributed by atoms with Crippen LogP contribution in [0.2, 0.25) is 0 Å². The number of unbranched alkanes of at least 4 members (excludes halogenated alkanes) is 3. The molecule has 0 aliphatic rings. The highest BCUT2D eigenvalue weighted by molar-refractivity contribution is 7.99. The van der Waals surface area contributed by atoms with Gasteiger partial charge in [0.2, 0.25) is 0 Å². The number of hydrogen-bond donors (Lipinski definition) is 3. The van der Waals surface area contributed by atoms with Gasteiger partial charge in [0.05, 0.1) is 6.42 Å². The summed E-state index contributed by atoms with van der Waals surface area (Å²) in [7, 11) is 0. The van der Waals surface area contributed by atoms with E-state index in [0.29, 0.717) is 5.75 Å². The van der Waals surface area contributed by atoms with Crippen LogP contribution in [0.25, 0.3) is 0 Å². The van der Waals surface area contributed by atoms with Gasteiger partial charge in [-0.25, -0.2) is 4.79 Å². The first-order valence-electron chi connectivity index (χ1n) is 7.58. The number of pyridine rings is 1. The summed E-state index contributed by atoms with van der Waals surface area (Å²) in [6.45, 7) is 0. The SMILES string of the molecule is O=C(O)C[C@@](O)(CSCCCCCCc1cccnc1)C(=O)O. The first-order valence-corrected chi connectivity index (χ1v) is 8.74. The van der Waals surface area contributed by atoms with Crippen LogP contribution in [0.1, 0.15) is 37.7 Å². The van der Waals surface area contributed by atoms with E-state index in [1.165, 1.54) is 17.3 Å². The molecule has 23 heavy (non-hydrogen) atoms. The normalized spacial score (nSPS) is 13.4. The highest BCUT2D eigenvalue weighted by atomic mass is 32.2. The van der Waals surface area contributed by atoms with E-state index in [2.05, 4.69) is 11.1 Å². The summed E-state index contributed by atoms with van der Waals surface area (Å²) in [4.78, 5) is 25.6. The quantitative estimate of drug-likeness (QED) is 0.500. The van der Waals surface area contributed by atoms with Gasteiger partial charge in [-0.1, -0.05) is 18.9 Å². The number of nitrogens with zero attached hydrogens (tertiary/aromatic N) is 1. The molecule has 0 bridgehead atoms. The molecular weight excluding hydrogens is 318 g/mol. The number of carbonyl (C=O) groups is 2. The minimum atomic E-state index is -2.18. The van der Waals surface area contributed by atoms with Crippen LogP contribution in [0.5, 0.6) is 0 Å². The lowest BCUT2D eigenvalue weighted by molar-refractivity contribution is -0.162. The molecule has 0 unspecified atom stereocenters. The maximum Gasteiger partial charge on any atom is 0.337 e. The molecule has 128 valence electrons. The lowest BCUT2D eigenvalue weighted by atomic mass is 10.0. The van der Waals surface area contributed by atoms with Gasteiger partial charge in [0.25, 0.3) is 0 Å². The second-order valence-electron chi connectivity index (χ2n) is 5.49. The van der Waals surface area contributed by atoms with E-state index < -0.39 is 24.0 Å². The Bertz CT molecular complexity index is 497. The Balaban J connectivity index is 2.10. The van der Waals surface area contributed by atoms with Crippen molar-refractivity contribution in [1.29, 1.82) is 0 Å². The predicted molar refractivity (Wildman–Crippen MR) is 88.6 cm³/mol. The minimum absolute atomic E-state index is 0.107. The van der Waals surface area contributed by atoms with Crippen molar-refractivity contribution in [1.82, 2.24) is 4.98 Å². The summed E-state index contributed by atoms with van der Waals surface area (Å²) < 4.78 is 0. The minimum Gasteiger partial charge on any atom is -0.481 e. The Hall–Kier alpha value is -1.60. The van der Waals surface area contributed by atoms with Gasteiger partial charge in [0.1, 0.15) is 0 Å². The number of aromatic nitrogens is 1. The number of aliphatic hydroxyl groups is 1. The Morgan fingerprint density at radius 3 is 2.52 bits per heavy atom. The third-order valence-corrected chi connectivity index (χ3v) is 4.67. The third-order valence-electron chi connectivity index (χ3n) is 3.41. The standard InChI is InChI=1S/C16H23NO5S/c18-14(19)10-16(22,15(20)21)12-23-9-4-2-1-3-6-13-7-5-8-17-11-13/h5,7-8,11,22H,1-4,6,9-10,12H2,(H,18,19)(H,20,21)/t16-/m1/s1. The molecular formula is C16H23NO5S. The maximum atomic E-state index is 11.0. The molecule has 1 aromatic heterocycles. The summed E-state index contributed by atoms with van der Waals surface area (Å²) in [6.07, 6.45) is 7.94. The summed E-state index contributed by atoms with van der Waals surface area (Å²) in [5.74, 6) is -2.19. The van der Waals surface area contributed by atoms with E-state index in [-0.39, 0.29) is 5.75 Å². The van der Waals surface area contributed by atoms with E-state index in [1.54, 1.807) is 6.20 Å². The highest BCUT2D eigenvalue weighted by Crippen LogP contribution is 2.20.